The third-order valence-corrected chi connectivity index (χ3v) is 3.04. The van der Waals surface area contributed by atoms with Crippen molar-refractivity contribution in [3.8, 4) is 0 Å². The predicted octanol–water partition coefficient (Wildman–Crippen LogP) is 2.80. The zero-order chi connectivity index (χ0) is 13.1. The van der Waals surface area contributed by atoms with Crippen LogP contribution in [0.15, 0.2) is 46.3 Å². The average molecular weight is 265 g/mol. The van der Waals surface area contributed by atoms with Crippen molar-refractivity contribution in [2.24, 2.45) is 5.73 Å². The summed E-state index contributed by atoms with van der Waals surface area (Å²) in [6, 6.07) is 8.64. The summed E-state index contributed by atoms with van der Waals surface area (Å²) in [7, 11) is 0. The molecule has 2 rings (SSSR count). The lowest BCUT2D eigenvalue weighted by Gasteiger charge is -2.03. The summed E-state index contributed by atoms with van der Waals surface area (Å²) in [4.78, 5) is 4.65. The quantitative estimate of drug-likeness (QED) is 0.662. The SMILES string of the molecule is N=C(N)c1cccc(Sc2ccc(F)c(F)c2)n1. The summed E-state index contributed by atoms with van der Waals surface area (Å²) in [5.74, 6) is -1.92. The number of aromatic nitrogens is 1. The maximum absolute atomic E-state index is 13.0. The Hall–Kier alpha value is -1.95. The number of hydrogen-bond acceptors (Lipinski definition) is 3. The van der Waals surface area contributed by atoms with E-state index in [0.29, 0.717) is 15.6 Å². The van der Waals surface area contributed by atoms with Gasteiger partial charge in [-0.05, 0) is 30.3 Å². The molecule has 6 heteroatoms. The molecule has 0 aliphatic rings. The molecular weight excluding hydrogens is 256 g/mol. The maximum Gasteiger partial charge on any atom is 0.159 e. The second-order valence-corrected chi connectivity index (χ2v) is 4.55. The minimum Gasteiger partial charge on any atom is -0.382 e. The van der Waals surface area contributed by atoms with Gasteiger partial charge >= 0.3 is 0 Å². The van der Waals surface area contributed by atoms with Gasteiger partial charge in [-0.25, -0.2) is 13.8 Å². The second kappa shape index (κ2) is 5.14. The van der Waals surface area contributed by atoms with E-state index >= 15 is 0 Å². The molecule has 3 N–H and O–H groups in total. The fourth-order valence-corrected chi connectivity index (χ4v) is 2.11. The highest BCUT2D eigenvalue weighted by Crippen LogP contribution is 2.27. The van der Waals surface area contributed by atoms with E-state index < -0.39 is 11.6 Å². The van der Waals surface area contributed by atoms with Gasteiger partial charge in [0, 0.05) is 4.90 Å². The Morgan fingerprint density at radius 1 is 1.17 bits per heavy atom. The number of hydrogen-bond donors (Lipinski definition) is 2. The predicted molar refractivity (Wildman–Crippen MR) is 65.7 cm³/mol. The van der Waals surface area contributed by atoms with E-state index in [9.17, 15) is 8.78 Å². The van der Waals surface area contributed by atoms with Crippen LogP contribution in [0.1, 0.15) is 5.69 Å². The van der Waals surface area contributed by atoms with Crippen molar-refractivity contribution in [1.29, 1.82) is 5.41 Å². The van der Waals surface area contributed by atoms with Crippen LogP contribution < -0.4 is 5.73 Å². The summed E-state index contributed by atoms with van der Waals surface area (Å²) in [6.45, 7) is 0. The average Bonchev–Trinajstić information content (AvgIpc) is 2.34. The minimum atomic E-state index is -0.900. The zero-order valence-corrected chi connectivity index (χ0v) is 9.97. The first kappa shape index (κ1) is 12.5. The van der Waals surface area contributed by atoms with Gasteiger partial charge in [0.2, 0.25) is 0 Å². The van der Waals surface area contributed by atoms with Crippen molar-refractivity contribution in [3.63, 3.8) is 0 Å². The lowest BCUT2D eigenvalue weighted by Crippen LogP contribution is -2.12. The Morgan fingerprint density at radius 2 is 1.94 bits per heavy atom. The third kappa shape index (κ3) is 2.84. The van der Waals surface area contributed by atoms with Gasteiger partial charge in [-0.15, -0.1) is 0 Å². The van der Waals surface area contributed by atoms with Crippen LogP contribution >= 0.6 is 11.8 Å². The molecule has 0 amide bonds. The first-order valence-electron chi connectivity index (χ1n) is 5.00. The van der Waals surface area contributed by atoms with Crippen molar-refractivity contribution in [3.05, 3.63) is 53.7 Å². The molecule has 1 aromatic heterocycles. The number of benzene rings is 1. The maximum atomic E-state index is 13.0. The van der Waals surface area contributed by atoms with E-state index in [1.807, 2.05) is 0 Å². The lowest BCUT2D eigenvalue weighted by molar-refractivity contribution is 0.506. The molecular formula is C12H9F2N3S. The number of pyridine rings is 1. The van der Waals surface area contributed by atoms with Gasteiger partial charge in [0.05, 0.1) is 0 Å². The van der Waals surface area contributed by atoms with Crippen LogP contribution in [0.5, 0.6) is 0 Å². The fourth-order valence-electron chi connectivity index (χ4n) is 1.28. The topological polar surface area (TPSA) is 62.8 Å². The number of nitrogen functional groups attached to an aromatic ring is 1. The Balaban J connectivity index is 2.25. The summed E-state index contributed by atoms with van der Waals surface area (Å²) < 4.78 is 25.8. The van der Waals surface area contributed by atoms with Gasteiger partial charge in [0.25, 0.3) is 0 Å². The molecule has 0 spiro atoms. The Morgan fingerprint density at radius 3 is 2.61 bits per heavy atom. The molecule has 0 radical (unpaired) electrons. The molecule has 92 valence electrons. The first-order chi connectivity index (χ1) is 8.56. The Labute approximate surface area is 107 Å². The van der Waals surface area contributed by atoms with Gasteiger partial charge in [-0.1, -0.05) is 17.8 Å². The molecule has 18 heavy (non-hydrogen) atoms. The first-order valence-corrected chi connectivity index (χ1v) is 5.82. The van der Waals surface area contributed by atoms with Crippen molar-refractivity contribution >= 4 is 17.6 Å². The Bertz CT molecular complexity index is 602. The summed E-state index contributed by atoms with van der Waals surface area (Å²) in [5.41, 5.74) is 5.67. The van der Waals surface area contributed by atoms with Crippen LogP contribution in [-0.2, 0) is 0 Å². The van der Waals surface area contributed by atoms with E-state index in [2.05, 4.69) is 4.98 Å². The van der Waals surface area contributed by atoms with Crippen LogP contribution in [0.25, 0.3) is 0 Å². The standard InChI is InChI=1S/C12H9F2N3S/c13-8-5-4-7(6-9(8)14)18-11-3-1-2-10(17-11)12(15)16/h1-6H,(H3,15,16). The lowest BCUT2D eigenvalue weighted by atomic mass is 10.3. The van der Waals surface area contributed by atoms with Gasteiger partial charge in [0.1, 0.15) is 16.6 Å². The number of nitrogens with one attached hydrogen (secondary N) is 1. The van der Waals surface area contributed by atoms with Crippen molar-refractivity contribution < 1.29 is 8.78 Å². The molecule has 0 saturated carbocycles. The van der Waals surface area contributed by atoms with Crippen LogP contribution in [0, 0.1) is 17.0 Å². The molecule has 0 aliphatic heterocycles. The molecule has 0 fully saturated rings. The molecule has 1 heterocycles. The molecule has 1 aromatic carbocycles. The van der Waals surface area contributed by atoms with Gasteiger partial charge < -0.3 is 5.73 Å². The molecule has 0 aliphatic carbocycles. The fraction of sp³-hybridized carbons (Fsp3) is 0. The Kier molecular flexibility index (Phi) is 3.57. The van der Waals surface area contributed by atoms with E-state index in [1.54, 1.807) is 18.2 Å². The van der Waals surface area contributed by atoms with Gasteiger partial charge in [-0.3, -0.25) is 5.41 Å². The third-order valence-electron chi connectivity index (χ3n) is 2.11. The largest absolute Gasteiger partial charge is 0.382 e. The van der Waals surface area contributed by atoms with Crippen LogP contribution in [-0.4, -0.2) is 10.8 Å². The number of halogens is 2. The molecule has 3 nitrogen and oxygen atoms in total. The van der Waals surface area contributed by atoms with E-state index in [0.717, 1.165) is 12.1 Å². The monoisotopic (exact) mass is 265 g/mol. The van der Waals surface area contributed by atoms with Crippen molar-refractivity contribution in [2.75, 3.05) is 0 Å². The van der Waals surface area contributed by atoms with Gasteiger partial charge in [-0.2, -0.15) is 0 Å². The minimum absolute atomic E-state index is 0.136. The van der Waals surface area contributed by atoms with Crippen LogP contribution in [0.2, 0.25) is 0 Å². The number of amidine groups is 1. The molecule has 0 bridgehead atoms. The van der Waals surface area contributed by atoms with Gasteiger partial charge in [0.15, 0.2) is 11.6 Å². The van der Waals surface area contributed by atoms with E-state index in [-0.39, 0.29) is 5.84 Å². The highest BCUT2D eigenvalue weighted by Gasteiger charge is 2.06. The number of nitrogens with zero attached hydrogens (tertiary/aromatic N) is 1. The molecule has 0 unspecified atom stereocenters. The highest BCUT2D eigenvalue weighted by molar-refractivity contribution is 7.99. The van der Waals surface area contributed by atoms with E-state index in [1.165, 1.54) is 17.8 Å². The highest BCUT2D eigenvalue weighted by atomic mass is 32.2. The van der Waals surface area contributed by atoms with Crippen LogP contribution in [0.3, 0.4) is 0 Å². The normalized spacial score (nSPS) is 10.3. The number of rotatable bonds is 3. The zero-order valence-electron chi connectivity index (χ0n) is 9.15. The number of nitrogens with two attached hydrogens (primary N) is 1. The van der Waals surface area contributed by atoms with E-state index in [4.69, 9.17) is 11.1 Å². The summed E-state index contributed by atoms with van der Waals surface area (Å²) in [5, 5.41) is 7.83. The molecule has 0 saturated heterocycles. The van der Waals surface area contributed by atoms with Crippen molar-refractivity contribution in [2.45, 2.75) is 9.92 Å². The summed E-state index contributed by atoms with van der Waals surface area (Å²) >= 11 is 1.17. The summed E-state index contributed by atoms with van der Waals surface area (Å²) in [6.07, 6.45) is 0. The smallest absolute Gasteiger partial charge is 0.159 e. The molecule has 2 aromatic rings. The second-order valence-electron chi connectivity index (χ2n) is 3.45. The van der Waals surface area contributed by atoms with Crippen molar-refractivity contribution in [1.82, 2.24) is 4.98 Å². The van der Waals surface area contributed by atoms with Crippen LogP contribution in [0.4, 0.5) is 8.78 Å². The molecule has 0 atom stereocenters.